The summed E-state index contributed by atoms with van der Waals surface area (Å²) in [5, 5.41) is 14.2. The van der Waals surface area contributed by atoms with E-state index < -0.39 is 0 Å². The summed E-state index contributed by atoms with van der Waals surface area (Å²) in [5.74, 6) is 0.155. The number of nitriles is 1. The van der Waals surface area contributed by atoms with E-state index in [1.807, 2.05) is 25.1 Å². The molecule has 3 aromatic heterocycles. The summed E-state index contributed by atoms with van der Waals surface area (Å²) in [6.07, 6.45) is 2.74. The van der Waals surface area contributed by atoms with Crippen LogP contribution in [-0.4, -0.2) is 10.9 Å². The predicted octanol–water partition coefficient (Wildman–Crippen LogP) is 5.64. The number of hydrogen-bond donors (Lipinski definition) is 2. The number of carbonyl (C=O) groups is 1. The highest BCUT2D eigenvalue weighted by atomic mass is 32.1. The maximum atomic E-state index is 13.0. The quantitative estimate of drug-likeness (QED) is 0.427. The average Bonchev–Trinajstić information content (AvgIpc) is 3.30. The lowest BCUT2D eigenvalue weighted by molar-refractivity contribution is 0.103. The number of amides is 1. The number of pyridine rings is 1. The van der Waals surface area contributed by atoms with Crippen LogP contribution in [0, 0.1) is 18.3 Å². The van der Waals surface area contributed by atoms with Gasteiger partial charge in [0.05, 0.1) is 11.3 Å². The van der Waals surface area contributed by atoms with Crippen molar-refractivity contribution in [1.82, 2.24) is 4.98 Å². The van der Waals surface area contributed by atoms with E-state index in [4.69, 9.17) is 5.73 Å². The van der Waals surface area contributed by atoms with Crippen LogP contribution in [0.1, 0.15) is 49.3 Å². The zero-order valence-electron chi connectivity index (χ0n) is 16.9. The maximum Gasteiger partial charge on any atom is 0.268 e. The number of nitrogens with two attached hydrogens (primary N) is 1. The van der Waals surface area contributed by atoms with E-state index in [2.05, 4.69) is 40.6 Å². The Bertz CT molecular complexity index is 1350. The predicted molar refractivity (Wildman–Crippen MR) is 127 cm³/mol. The van der Waals surface area contributed by atoms with Gasteiger partial charge < -0.3 is 11.1 Å². The second kappa shape index (κ2) is 7.80. The monoisotopic (exact) mass is 444 g/mol. The van der Waals surface area contributed by atoms with Crippen molar-refractivity contribution in [2.45, 2.75) is 32.1 Å². The van der Waals surface area contributed by atoms with Crippen molar-refractivity contribution >= 4 is 49.5 Å². The summed E-state index contributed by atoms with van der Waals surface area (Å²) in [6, 6.07) is 16.6. The molecule has 3 N–H and O–H groups in total. The van der Waals surface area contributed by atoms with Crippen LogP contribution in [0.3, 0.4) is 0 Å². The van der Waals surface area contributed by atoms with Gasteiger partial charge in [0.25, 0.3) is 5.91 Å². The number of benzene rings is 1. The normalized spacial score (nSPS) is 15.4. The highest BCUT2D eigenvalue weighted by Gasteiger charge is 2.28. The van der Waals surface area contributed by atoms with E-state index in [9.17, 15) is 10.1 Å². The Morgan fingerprint density at radius 2 is 2.03 bits per heavy atom. The highest BCUT2D eigenvalue weighted by molar-refractivity contribution is 7.21. The first-order valence-electron chi connectivity index (χ1n) is 10.1. The standard InChI is InChI=1S/C24H20N4OS2/c1-13-7-9-17-20(26)21(31-23(17)27-13)22(29)28-24-18(12-25)16-10-8-15(11-19(16)30-24)14-5-3-2-4-6-14/h2-7,9,15H,8,10-11,26H2,1H3,(H,28,29). The number of fused-ring (bicyclic) bond motifs is 2. The molecule has 0 bridgehead atoms. The molecule has 4 aromatic rings. The molecular weight excluding hydrogens is 424 g/mol. The van der Waals surface area contributed by atoms with Gasteiger partial charge in [-0.15, -0.1) is 22.7 Å². The molecule has 5 nitrogen and oxygen atoms in total. The second-order valence-corrected chi connectivity index (χ2v) is 9.88. The fraction of sp³-hybridized carbons (Fsp3) is 0.208. The van der Waals surface area contributed by atoms with Crippen LogP contribution in [-0.2, 0) is 12.8 Å². The molecule has 3 heterocycles. The van der Waals surface area contributed by atoms with E-state index in [1.165, 1.54) is 33.1 Å². The third-order valence-corrected chi connectivity index (χ3v) is 8.10. The molecule has 0 fully saturated rings. The van der Waals surface area contributed by atoms with Crippen LogP contribution < -0.4 is 11.1 Å². The Morgan fingerprint density at radius 3 is 2.81 bits per heavy atom. The van der Waals surface area contributed by atoms with Crippen molar-refractivity contribution in [3.63, 3.8) is 0 Å². The van der Waals surface area contributed by atoms with Crippen molar-refractivity contribution in [1.29, 1.82) is 5.26 Å². The number of aryl methyl sites for hydroxylation is 1. The molecule has 7 heteroatoms. The molecule has 0 saturated carbocycles. The van der Waals surface area contributed by atoms with Crippen LogP contribution in [0.4, 0.5) is 10.7 Å². The van der Waals surface area contributed by atoms with Gasteiger partial charge in [0.1, 0.15) is 20.8 Å². The summed E-state index contributed by atoms with van der Waals surface area (Å²) >= 11 is 2.80. The summed E-state index contributed by atoms with van der Waals surface area (Å²) in [5.41, 5.74) is 10.6. The van der Waals surface area contributed by atoms with E-state index >= 15 is 0 Å². The molecule has 31 heavy (non-hydrogen) atoms. The van der Waals surface area contributed by atoms with E-state index in [0.717, 1.165) is 40.7 Å². The highest BCUT2D eigenvalue weighted by Crippen LogP contribution is 2.42. The molecule has 1 atom stereocenters. The summed E-state index contributed by atoms with van der Waals surface area (Å²) < 4.78 is 0. The third-order valence-electron chi connectivity index (χ3n) is 5.81. The van der Waals surface area contributed by atoms with Gasteiger partial charge in [-0.3, -0.25) is 4.79 Å². The summed E-state index contributed by atoms with van der Waals surface area (Å²) in [4.78, 5) is 19.9. The topological polar surface area (TPSA) is 91.8 Å². The Kier molecular flexibility index (Phi) is 4.97. The van der Waals surface area contributed by atoms with Crippen molar-refractivity contribution in [2.24, 2.45) is 0 Å². The molecule has 1 aromatic carbocycles. The van der Waals surface area contributed by atoms with Gasteiger partial charge in [-0.05, 0) is 55.4 Å². The van der Waals surface area contributed by atoms with Gasteiger partial charge in [0.2, 0.25) is 0 Å². The van der Waals surface area contributed by atoms with Gasteiger partial charge in [-0.1, -0.05) is 30.3 Å². The Hall–Kier alpha value is -3.21. The number of carbonyl (C=O) groups excluding carboxylic acids is 1. The SMILES string of the molecule is Cc1ccc2c(N)c(C(=O)Nc3sc4c(c3C#N)CCC(c3ccccc3)C4)sc2n1. The van der Waals surface area contributed by atoms with Crippen molar-refractivity contribution in [3.05, 3.63) is 74.6 Å². The van der Waals surface area contributed by atoms with Gasteiger partial charge in [0.15, 0.2) is 0 Å². The van der Waals surface area contributed by atoms with Crippen LogP contribution in [0.25, 0.3) is 10.2 Å². The van der Waals surface area contributed by atoms with Gasteiger partial charge in [-0.25, -0.2) is 4.98 Å². The molecule has 0 spiro atoms. The summed E-state index contributed by atoms with van der Waals surface area (Å²) in [6.45, 7) is 1.91. The summed E-state index contributed by atoms with van der Waals surface area (Å²) in [7, 11) is 0. The largest absolute Gasteiger partial charge is 0.397 e. The van der Waals surface area contributed by atoms with Crippen LogP contribution in [0.5, 0.6) is 0 Å². The molecule has 154 valence electrons. The second-order valence-electron chi connectivity index (χ2n) is 7.77. The van der Waals surface area contributed by atoms with Crippen molar-refractivity contribution < 1.29 is 4.79 Å². The smallest absolute Gasteiger partial charge is 0.268 e. The molecule has 5 rings (SSSR count). The van der Waals surface area contributed by atoms with Gasteiger partial charge in [0, 0.05) is 16.0 Å². The zero-order chi connectivity index (χ0) is 21.5. The number of hydrogen-bond acceptors (Lipinski definition) is 6. The van der Waals surface area contributed by atoms with E-state index in [-0.39, 0.29) is 5.91 Å². The van der Waals surface area contributed by atoms with Gasteiger partial charge in [-0.2, -0.15) is 5.26 Å². The first kappa shape index (κ1) is 19.7. The van der Waals surface area contributed by atoms with Crippen molar-refractivity contribution in [2.75, 3.05) is 11.1 Å². The Labute approximate surface area is 188 Å². The lowest BCUT2D eigenvalue weighted by atomic mass is 9.83. The number of rotatable bonds is 3. The minimum atomic E-state index is -0.284. The fourth-order valence-corrected chi connectivity index (χ4v) is 6.53. The molecule has 0 radical (unpaired) electrons. The molecular formula is C24H20N4OS2. The van der Waals surface area contributed by atoms with Crippen molar-refractivity contribution in [3.8, 4) is 6.07 Å². The molecule has 0 saturated heterocycles. The van der Waals surface area contributed by atoms with E-state index in [1.54, 1.807) is 0 Å². The number of anilines is 2. The number of nitrogens with one attached hydrogen (secondary N) is 1. The lowest BCUT2D eigenvalue weighted by Crippen LogP contribution is -2.12. The van der Waals surface area contributed by atoms with Crippen LogP contribution in [0.15, 0.2) is 42.5 Å². The first-order valence-corrected chi connectivity index (χ1v) is 11.7. The van der Waals surface area contributed by atoms with E-state index in [0.29, 0.717) is 27.0 Å². The Balaban J connectivity index is 1.44. The number of thiophene rings is 2. The molecule has 0 aliphatic heterocycles. The first-order chi connectivity index (χ1) is 15.0. The molecule has 1 unspecified atom stereocenters. The number of nitrogen functional groups attached to an aromatic ring is 1. The minimum Gasteiger partial charge on any atom is -0.397 e. The zero-order valence-corrected chi connectivity index (χ0v) is 18.6. The average molecular weight is 445 g/mol. The fourth-order valence-electron chi connectivity index (χ4n) is 4.22. The third kappa shape index (κ3) is 3.48. The van der Waals surface area contributed by atoms with Crippen LogP contribution >= 0.6 is 22.7 Å². The molecule has 1 amide bonds. The number of aromatic nitrogens is 1. The molecule has 1 aliphatic carbocycles. The van der Waals surface area contributed by atoms with Gasteiger partial charge >= 0.3 is 0 Å². The lowest BCUT2D eigenvalue weighted by Gasteiger charge is -2.22. The number of nitrogens with zero attached hydrogens (tertiary/aromatic N) is 2. The maximum absolute atomic E-state index is 13.0. The van der Waals surface area contributed by atoms with Crippen LogP contribution in [0.2, 0.25) is 0 Å². The molecule has 1 aliphatic rings. The Morgan fingerprint density at radius 1 is 1.23 bits per heavy atom. The minimum absolute atomic E-state index is 0.284.